The number of carbonyl (C=O) groups excluding carboxylic acids is 1. The number of halogens is 2. The summed E-state index contributed by atoms with van der Waals surface area (Å²) in [4.78, 5) is 24.3. The molecule has 1 aliphatic heterocycles. The molecule has 1 fully saturated rings. The van der Waals surface area contributed by atoms with Crippen LogP contribution in [0.1, 0.15) is 35.8 Å². The number of benzene rings is 1. The van der Waals surface area contributed by atoms with Crippen LogP contribution >= 0.6 is 24.0 Å². The Hall–Kier alpha value is -2.37. The molecule has 0 saturated carbocycles. The maximum Gasteiger partial charge on any atom is 0.257 e. The van der Waals surface area contributed by atoms with Gasteiger partial charge in [-0.15, -0.1) is 12.4 Å². The van der Waals surface area contributed by atoms with E-state index in [4.69, 9.17) is 11.6 Å². The van der Waals surface area contributed by atoms with Crippen LogP contribution < -0.4 is 5.32 Å². The van der Waals surface area contributed by atoms with Crippen molar-refractivity contribution < 1.29 is 4.79 Å². The van der Waals surface area contributed by atoms with Crippen LogP contribution in [0.25, 0.3) is 11.0 Å². The molecule has 1 N–H and O–H groups in total. The van der Waals surface area contributed by atoms with E-state index in [1.807, 2.05) is 48.2 Å². The lowest BCUT2D eigenvalue weighted by atomic mass is 9.99. The Morgan fingerprint density at radius 2 is 2.10 bits per heavy atom. The van der Waals surface area contributed by atoms with Gasteiger partial charge in [0.15, 0.2) is 5.65 Å². The molecule has 3 aromatic rings. The van der Waals surface area contributed by atoms with Crippen molar-refractivity contribution in [2.45, 2.75) is 26.7 Å². The fraction of sp³-hybridized carbons (Fsp3) is 0.318. The molecule has 0 spiro atoms. The number of amides is 1. The molecule has 0 aliphatic carbocycles. The second-order valence-corrected chi connectivity index (χ2v) is 7.94. The van der Waals surface area contributed by atoms with Crippen LogP contribution in [0.2, 0.25) is 5.02 Å². The summed E-state index contributed by atoms with van der Waals surface area (Å²) in [5, 5.41) is 4.85. The van der Waals surface area contributed by atoms with Crippen molar-refractivity contribution in [2.24, 2.45) is 5.92 Å². The summed E-state index contributed by atoms with van der Waals surface area (Å²) in [5.74, 6) is 0.519. The van der Waals surface area contributed by atoms with Crippen molar-refractivity contribution in [3.8, 4) is 0 Å². The van der Waals surface area contributed by atoms with Crippen molar-refractivity contribution >= 4 is 52.3 Å². The van der Waals surface area contributed by atoms with E-state index in [1.54, 1.807) is 6.20 Å². The molecule has 1 atom stereocenters. The Balaban J connectivity index is 0.00000240. The largest absolute Gasteiger partial charge is 0.354 e. The number of carbonyl (C=O) groups is 1. The molecule has 1 aliphatic rings. The molecule has 1 amide bonds. The van der Waals surface area contributed by atoms with E-state index in [2.05, 4.69) is 22.2 Å². The lowest BCUT2D eigenvalue weighted by Gasteiger charge is -2.31. The van der Waals surface area contributed by atoms with Gasteiger partial charge in [0, 0.05) is 41.1 Å². The molecule has 152 valence electrons. The normalized spacial score (nSPS) is 16.4. The van der Waals surface area contributed by atoms with E-state index in [0.717, 1.165) is 48.4 Å². The fourth-order valence-electron chi connectivity index (χ4n) is 3.72. The standard InChI is InChI=1S/C22H23ClN4O.ClH/c1-14-5-4-10-27(13-14)22(28)19-12-24-21-18(9-8-15(2)25-21)20(19)26-17-7-3-6-16(23)11-17;/h3,6-9,11-12,14H,4-5,10,13H2,1-2H3,(H,24,25,26);1H. The number of hydrogen-bond acceptors (Lipinski definition) is 4. The van der Waals surface area contributed by atoms with Crippen molar-refractivity contribution in [3.63, 3.8) is 0 Å². The first kappa shape index (κ1) is 21.3. The van der Waals surface area contributed by atoms with Crippen LogP contribution in [-0.4, -0.2) is 33.9 Å². The molecule has 7 heteroatoms. The number of fused-ring (bicyclic) bond motifs is 1. The number of piperidine rings is 1. The van der Waals surface area contributed by atoms with Crippen molar-refractivity contribution in [1.29, 1.82) is 0 Å². The van der Waals surface area contributed by atoms with E-state index >= 15 is 0 Å². The number of anilines is 2. The molecule has 1 saturated heterocycles. The molecule has 1 unspecified atom stereocenters. The summed E-state index contributed by atoms with van der Waals surface area (Å²) in [7, 11) is 0. The van der Waals surface area contributed by atoms with E-state index < -0.39 is 0 Å². The van der Waals surface area contributed by atoms with E-state index in [1.165, 1.54) is 0 Å². The monoisotopic (exact) mass is 430 g/mol. The number of aromatic nitrogens is 2. The summed E-state index contributed by atoms with van der Waals surface area (Å²) >= 11 is 6.15. The minimum atomic E-state index is 0. The summed E-state index contributed by atoms with van der Waals surface area (Å²) in [6.45, 7) is 5.68. The smallest absolute Gasteiger partial charge is 0.257 e. The molecular formula is C22H24Cl2N4O. The molecule has 2 aromatic heterocycles. The Labute approximate surface area is 181 Å². The third-order valence-corrected chi connectivity index (χ3v) is 5.37. The number of nitrogens with one attached hydrogen (secondary N) is 1. The van der Waals surface area contributed by atoms with Gasteiger partial charge >= 0.3 is 0 Å². The van der Waals surface area contributed by atoms with Crippen LogP contribution in [0, 0.1) is 12.8 Å². The molecule has 0 radical (unpaired) electrons. The van der Waals surface area contributed by atoms with Crippen LogP contribution in [-0.2, 0) is 0 Å². The van der Waals surface area contributed by atoms with Gasteiger partial charge in [-0.05, 0) is 56.0 Å². The van der Waals surface area contributed by atoms with Gasteiger partial charge in [0.1, 0.15) is 0 Å². The highest BCUT2D eigenvalue weighted by Gasteiger charge is 2.25. The molecule has 3 heterocycles. The zero-order chi connectivity index (χ0) is 19.7. The van der Waals surface area contributed by atoms with Crippen LogP contribution in [0.15, 0.2) is 42.6 Å². The Bertz CT molecular complexity index is 1040. The second kappa shape index (κ2) is 8.97. The molecule has 0 bridgehead atoms. The summed E-state index contributed by atoms with van der Waals surface area (Å²) in [6.07, 6.45) is 3.84. The van der Waals surface area contributed by atoms with Gasteiger partial charge in [-0.1, -0.05) is 24.6 Å². The quantitative estimate of drug-likeness (QED) is 0.584. The van der Waals surface area contributed by atoms with Crippen LogP contribution in [0.4, 0.5) is 11.4 Å². The minimum Gasteiger partial charge on any atom is -0.354 e. The first-order valence-electron chi connectivity index (χ1n) is 9.59. The highest BCUT2D eigenvalue weighted by molar-refractivity contribution is 6.30. The zero-order valence-corrected chi connectivity index (χ0v) is 18.1. The first-order chi connectivity index (χ1) is 13.5. The van der Waals surface area contributed by atoms with Crippen molar-refractivity contribution in [2.75, 3.05) is 18.4 Å². The van der Waals surface area contributed by atoms with E-state index in [-0.39, 0.29) is 18.3 Å². The first-order valence-corrected chi connectivity index (χ1v) is 9.97. The summed E-state index contributed by atoms with van der Waals surface area (Å²) in [6, 6.07) is 11.4. The predicted molar refractivity (Wildman–Crippen MR) is 121 cm³/mol. The maximum atomic E-state index is 13.3. The number of hydrogen-bond donors (Lipinski definition) is 1. The molecule has 4 rings (SSSR count). The fourth-order valence-corrected chi connectivity index (χ4v) is 3.91. The van der Waals surface area contributed by atoms with Gasteiger partial charge in [-0.3, -0.25) is 4.79 Å². The molecule has 29 heavy (non-hydrogen) atoms. The Kier molecular flexibility index (Phi) is 6.60. The van der Waals surface area contributed by atoms with Gasteiger partial charge in [0.2, 0.25) is 0 Å². The zero-order valence-electron chi connectivity index (χ0n) is 16.5. The number of pyridine rings is 2. The van der Waals surface area contributed by atoms with E-state index in [9.17, 15) is 4.79 Å². The van der Waals surface area contributed by atoms with Gasteiger partial charge in [-0.25, -0.2) is 9.97 Å². The maximum absolute atomic E-state index is 13.3. The average molecular weight is 431 g/mol. The highest BCUT2D eigenvalue weighted by atomic mass is 35.5. The average Bonchev–Trinajstić information content (AvgIpc) is 2.67. The minimum absolute atomic E-state index is 0. The molecule has 1 aromatic carbocycles. The summed E-state index contributed by atoms with van der Waals surface area (Å²) < 4.78 is 0. The number of aryl methyl sites for hydroxylation is 1. The molecule has 5 nitrogen and oxygen atoms in total. The number of likely N-dealkylation sites (tertiary alicyclic amines) is 1. The summed E-state index contributed by atoms with van der Waals surface area (Å²) in [5.41, 5.74) is 3.61. The van der Waals surface area contributed by atoms with Gasteiger partial charge in [-0.2, -0.15) is 0 Å². The third-order valence-electron chi connectivity index (χ3n) is 5.14. The van der Waals surface area contributed by atoms with Gasteiger partial charge < -0.3 is 10.2 Å². The lowest BCUT2D eigenvalue weighted by molar-refractivity contribution is 0.0684. The van der Waals surface area contributed by atoms with Crippen molar-refractivity contribution in [3.05, 3.63) is 58.9 Å². The van der Waals surface area contributed by atoms with Crippen molar-refractivity contribution in [1.82, 2.24) is 14.9 Å². The number of nitrogens with zero attached hydrogens (tertiary/aromatic N) is 3. The molecular weight excluding hydrogens is 407 g/mol. The Morgan fingerprint density at radius 3 is 2.86 bits per heavy atom. The SMILES string of the molecule is Cc1ccc2c(Nc3cccc(Cl)c3)c(C(=O)N3CCCC(C)C3)cnc2n1.Cl. The highest BCUT2D eigenvalue weighted by Crippen LogP contribution is 2.31. The van der Waals surface area contributed by atoms with Gasteiger partial charge in [0.05, 0.1) is 11.3 Å². The third kappa shape index (κ3) is 4.62. The van der Waals surface area contributed by atoms with E-state index in [0.29, 0.717) is 22.2 Å². The topological polar surface area (TPSA) is 58.1 Å². The Morgan fingerprint density at radius 1 is 1.28 bits per heavy atom. The van der Waals surface area contributed by atoms with Crippen LogP contribution in [0.5, 0.6) is 0 Å². The predicted octanol–water partition coefficient (Wildman–Crippen LogP) is 5.63. The van der Waals surface area contributed by atoms with Gasteiger partial charge in [0.25, 0.3) is 5.91 Å². The lowest BCUT2D eigenvalue weighted by Crippen LogP contribution is -2.39. The second-order valence-electron chi connectivity index (χ2n) is 7.50. The van der Waals surface area contributed by atoms with Crippen LogP contribution in [0.3, 0.4) is 0 Å². The number of rotatable bonds is 3.